The molecule has 0 saturated heterocycles. The van der Waals surface area contributed by atoms with E-state index in [1.54, 1.807) is 13.2 Å². The van der Waals surface area contributed by atoms with E-state index in [9.17, 15) is 9.59 Å². The summed E-state index contributed by atoms with van der Waals surface area (Å²) >= 11 is 1.23. The molecule has 0 amide bonds. The highest BCUT2D eigenvalue weighted by Crippen LogP contribution is 2.37. The maximum Gasteiger partial charge on any atom is 0.194 e. The van der Waals surface area contributed by atoms with Gasteiger partial charge in [0, 0.05) is 10.8 Å². The third-order valence-corrected chi connectivity index (χ3v) is 3.50. The maximum absolute atomic E-state index is 11.6. The summed E-state index contributed by atoms with van der Waals surface area (Å²) in [5, 5.41) is 0.145. The molecule has 0 aliphatic heterocycles. The average Bonchev–Trinajstić information content (AvgIpc) is 2.00. The lowest BCUT2D eigenvalue weighted by molar-refractivity contribution is -0.128. The minimum atomic E-state index is -0.422. The van der Waals surface area contributed by atoms with Crippen LogP contribution in [-0.2, 0) is 9.59 Å². The van der Waals surface area contributed by atoms with Crippen molar-refractivity contribution in [2.75, 3.05) is 6.26 Å². The molecule has 2 nitrogen and oxygen atoms in total. The van der Waals surface area contributed by atoms with Crippen molar-refractivity contribution in [3.8, 4) is 0 Å². The van der Waals surface area contributed by atoms with Crippen LogP contribution in [0.2, 0.25) is 0 Å². The van der Waals surface area contributed by atoms with Gasteiger partial charge in [0.15, 0.2) is 5.12 Å². The largest absolute Gasteiger partial charge is 0.299 e. The zero-order valence-corrected chi connectivity index (χ0v) is 10.7. The Balaban J connectivity index is 4.66. The molecule has 0 unspecified atom stereocenters. The van der Waals surface area contributed by atoms with Gasteiger partial charge < -0.3 is 0 Å². The molecular formula is C11H20O2S. The zero-order chi connectivity index (χ0) is 11.6. The van der Waals surface area contributed by atoms with Gasteiger partial charge in [0.05, 0.1) is 0 Å². The van der Waals surface area contributed by atoms with Crippen LogP contribution in [0.15, 0.2) is 0 Å². The van der Waals surface area contributed by atoms with E-state index in [2.05, 4.69) is 0 Å². The second kappa shape index (κ2) is 4.47. The molecule has 82 valence electrons. The number of rotatable bonds is 4. The molecule has 0 heterocycles. The molecule has 3 heteroatoms. The number of Topliss-reactive ketones (excluding diaryl/α,β-unsaturated/α-hetero) is 1. The van der Waals surface area contributed by atoms with Crippen LogP contribution < -0.4 is 0 Å². The van der Waals surface area contributed by atoms with Crippen LogP contribution in [0.3, 0.4) is 0 Å². The minimum absolute atomic E-state index is 0.138. The topological polar surface area (TPSA) is 34.1 Å². The average molecular weight is 216 g/mol. The minimum Gasteiger partial charge on any atom is -0.299 e. The number of carbonyl (C=O) groups is 2. The summed E-state index contributed by atoms with van der Waals surface area (Å²) in [6.07, 6.45) is 2.39. The van der Waals surface area contributed by atoms with E-state index in [0.29, 0.717) is 6.42 Å². The Bertz CT molecular complexity index is 242. The van der Waals surface area contributed by atoms with Crippen molar-refractivity contribution in [3.63, 3.8) is 0 Å². The summed E-state index contributed by atoms with van der Waals surface area (Å²) in [6.45, 7) is 9.17. The van der Waals surface area contributed by atoms with E-state index >= 15 is 0 Å². The normalized spacial score (nSPS) is 12.7. The first-order valence-electron chi connectivity index (χ1n) is 4.73. The van der Waals surface area contributed by atoms with Crippen molar-refractivity contribution in [1.29, 1.82) is 0 Å². The fourth-order valence-corrected chi connectivity index (χ4v) is 2.20. The van der Waals surface area contributed by atoms with Crippen molar-refractivity contribution in [1.82, 2.24) is 0 Å². The standard InChI is InChI=1S/C11H20O2S/c1-8(12)10(2,3)7-11(4,5)9(13)14-6/h7H2,1-6H3. The van der Waals surface area contributed by atoms with Gasteiger partial charge in [-0.2, -0.15) is 0 Å². The monoisotopic (exact) mass is 216 g/mol. The Kier molecular flexibility index (Phi) is 4.37. The van der Waals surface area contributed by atoms with Crippen LogP contribution in [0.4, 0.5) is 0 Å². The quantitative estimate of drug-likeness (QED) is 0.724. The highest BCUT2D eigenvalue weighted by molar-refractivity contribution is 8.13. The molecule has 0 spiro atoms. The Morgan fingerprint density at radius 2 is 1.50 bits per heavy atom. The van der Waals surface area contributed by atoms with Gasteiger partial charge in [-0.25, -0.2) is 0 Å². The fraction of sp³-hybridized carbons (Fsp3) is 0.818. The summed E-state index contributed by atoms with van der Waals surface area (Å²) in [4.78, 5) is 22.9. The van der Waals surface area contributed by atoms with Crippen LogP contribution in [0.5, 0.6) is 0 Å². The van der Waals surface area contributed by atoms with Crippen molar-refractivity contribution >= 4 is 22.7 Å². The molecule has 14 heavy (non-hydrogen) atoms. The summed E-state index contributed by atoms with van der Waals surface area (Å²) in [5.41, 5.74) is -0.830. The third kappa shape index (κ3) is 3.45. The first-order valence-corrected chi connectivity index (χ1v) is 5.95. The second-order valence-corrected chi connectivity index (χ2v) is 5.77. The van der Waals surface area contributed by atoms with Crippen LogP contribution in [0.25, 0.3) is 0 Å². The van der Waals surface area contributed by atoms with E-state index in [4.69, 9.17) is 0 Å². The van der Waals surface area contributed by atoms with Gasteiger partial charge in [-0.3, -0.25) is 9.59 Å². The van der Waals surface area contributed by atoms with Gasteiger partial charge in [-0.15, -0.1) is 0 Å². The number of thioether (sulfide) groups is 1. The molecule has 0 aromatic rings. The molecule has 0 aromatic heterocycles. The predicted octanol–water partition coefficient (Wildman–Crippen LogP) is 2.91. The molecule has 0 aliphatic rings. The van der Waals surface area contributed by atoms with Gasteiger partial charge in [0.1, 0.15) is 5.78 Å². The molecule has 0 rings (SSSR count). The molecule has 0 radical (unpaired) electrons. The second-order valence-electron chi connectivity index (χ2n) is 4.99. The molecule has 0 aliphatic carbocycles. The molecule has 0 bridgehead atoms. The Hall–Kier alpha value is -0.310. The number of carbonyl (C=O) groups excluding carboxylic acids is 2. The number of hydrogen-bond acceptors (Lipinski definition) is 3. The van der Waals surface area contributed by atoms with E-state index in [0.717, 1.165) is 0 Å². The van der Waals surface area contributed by atoms with Gasteiger partial charge >= 0.3 is 0 Å². The summed E-state index contributed by atoms with van der Waals surface area (Å²) in [6, 6.07) is 0. The van der Waals surface area contributed by atoms with E-state index < -0.39 is 10.8 Å². The van der Waals surface area contributed by atoms with E-state index in [1.165, 1.54) is 11.8 Å². The molecule has 0 atom stereocenters. The molecular weight excluding hydrogens is 196 g/mol. The van der Waals surface area contributed by atoms with E-state index in [-0.39, 0.29) is 10.9 Å². The third-order valence-electron chi connectivity index (χ3n) is 2.57. The van der Waals surface area contributed by atoms with Gasteiger partial charge in [0.2, 0.25) is 0 Å². The maximum atomic E-state index is 11.6. The summed E-state index contributed by atoms with van der Waals surface area (Å²) in [5.74, 6) is 0.138. The van der Waals surface area contributed by atoms with E-state index in [1.807, 2.05) is 27.7 Å². The summed E-state index contributed by atoms with van der Waals surface area (Å²) in [7, 11) is 0. The Labute approximate surface area is 90.8 Å². The molecule has 0 saturated carbocycles. The van der Waals surface area contributed by atoms with Crippen molar-refractivity contribution in [3.05, 3.63) is 0 Å². The lowest BCUT2D eigenvalue weighted by Crippen LogP contribution is -2.32. The molecule has 0 aromatic carbocycles. The summed E-state index contributed by atoms with van der Waals surface area (Å²) < 4.78 is 0. The first kappa shape index (κ1) is 13.7. The van der Waals surface area contributed by atoms with Gasteiger partial charge in [-0.05, 0) is 19.6 Å². The van der Waals surface area contributed by atoms with Crippen molar-refractivity contribution < 1.29 is 9.59 Å². The van der Waals surface area contributed by atoms with Crippen molar-refractivity contribution in [2.45, 2.75) is 41.0 Å². The lowest BCUT2D eigenvalue weighted by Gasteiger charge is -2.31. The van der Waals surface area contributed by atoms with Crippen molar-refractivity contribution in [2.24, 2.45) is 10.8 Å². The smallest absolute Gasteiger partial charge is 0.194 e. The SMILES string of the molecule is CSC(=O)C(C)(C)CC(C)(C)C(C)=O. The van der Waals surface area contributed by atoms with Crippen LogP contribution in [0.1, 0.15) is 41.0 Å². The van der Waals surface area contributed by atoms with Crippen LogP contribution in [-0.4, -0.2) is 17.2 Å². The lowest BCUT2D eigenvalue weighted by atomic mass is 9.74. The number of hydrogen-bond donors (Lipinski definition) is 0. The zero-order valence-electron chi connectivity index (χ0n) is 9.93. The van der Waals surface area contributed by atoms with Gasteiger partial charge in [0.25, 0.3) is 0 Å². The van der Waals surface area contributed by atoms with Gasteiger partial charge in [-0.1, -0.05) is 39.5 Å². The first-order chi connectivity index (χ1) is 6.13. The Morgan fingerprint density at radius 1 is 1.07 bits per heavy atom. The van der Waals surface area contributed by atoms with Crippen LogP contribution >= 0.6 is 11.8 Å². The molecule has 0 fully saturated rings. The predicted molar refractivity (Wildman–Crippen MR) is 61.4 cm³/mol. The fourth-order valence-electron chi connectivity index (χ4n) is 1.58. The Morgan fingerprint density at radius 3 is 1.79 bits per heavy atom. The number of ketones is 1. The molecule has 0 N–H and O–H groups in total. The highest BCUT2D eigenvalue weighted by Gasteiger charge is 2.36. The van der Waals surface area contributed by atoms with Crippen LogP contribution in [0, 0.1) is 10.8 Å². The highest BCUT2D eigenvalue weighted by atomic mass is 32.2.